The van der Waals surface area contributed by atoms with Crippen molar-refractivity contribution in [1.82, 2.24) is 5.01 Å². The van der Waals surface area contributed by atoms with Crippen LogP contribution >= 0.6 is 39.3 Å². The Kier molecular flexibility index (Phi) is 6.76. The van der Waals surface area contributed by atoms with E-state index in [1.165, 1.54) is 11.8 Å². The van der Waals surface area contributed by atoms with E-state index in [0.29, 0.717) is 28.4 Å². The van der Waals surface area contributed by atoms with Gasteiger partial charge in [-0.1, -0.05) is 45.4 Å². The molecule has 140 valence electrons. The maximum atomic E-state index is 12.1. The quantitative estimate of drug-likeness (QED) is 0.720. The lowest BCUT2D eigenvalue weighted by molar-refractivity contribution is -0.113. The molecule has 1 aliphatic heterocycles. The predicted octanol–water partition coefficient (Wildman–Crippen LogP) is 4.47. The van der Waals surface area contributed by atoms with E-state index < -0.39 is 0 Å². The lowest BCUT2D eigenvalue weighted by Gasteiger charge is -2.20. The first-order valence-corrected chi connectivity index (χ1v) is 10.1. The van der Waals surface area contributed by atoms with Gasteiger partial charge in [0.2, 0.25) is 17.0 Å². The number of hydrogen-bond donors (Lipinski definition) is 1. The number of aliphatic imine (C=N–C) groups is 1. The van der Waals surface area contributed by atoms with E-state index in [0.717, 1.165) is 10.2 Å². The van der Waals surface area contributed by atoms with E-state index in [9.17, 15) is 4.79 Å². The summed E-state index contributed by atoms with van der Waals surface area (Å²) in [6, 6.07) is 14.5. The van der Waals surface area contributed by atoms with Crippen molar-refractivity contribution in [3.8, 4) is 5.75 Å². The first-order valence-electron chi connectivity index (χ1n) is 7.97. The number of anilines is 1. The number of amides is 1. The number of carbonyl (C=O) groups is 1. The molecule has 1 amide bonds. The first kappa shape index (κ1) is 19.7. The topological polar surface area (TPSA) is 66.3 Å². The summed E-state index contributed by atoms with van der Waals surface area (Å²) >= 11 is 10.5. The Labute approximate surface area is 174 Å². The molecule has 6 nitrogen and oxygen atoms in total. The van der Waals surface area contributed by atoms with Gasteiger partial charge in [0.25, 0.3) is 0 Å². The molecule has 3 rings (SSSR count). The van der Waals surface area contributed by atoms with E-state index in [2.05, 4.69) is 31.3 Å². The van der Waals surface area contributed by atoms with Gasteiger partial charge in [0, 0.05) is 22.2 Å². The molecule has 0 spiro atoms. The average Bonchev–Trinajstić information content (AvgIpc) is 2.62. The van der Waals surface area contributed by atoms with Crippen molar-refractivity contribution < 1.29 is 9.53 Å². The molecule has 1 N–H and O–H groups in total. The number of rotatable bonds is 4. The van der Waals surface area contributed by atoms with Crippen LogP contribution in [0.2, 0.25) is 5.02 Å². The van der Waals surface area contributed by atoms with Crippen LogP contribution in [0.15, 0.2) is 63.1 Å². The zero-order valence-electron chi connectivity index (χ0n) is 14.4. The smallest absolute Gasteiger partial charge is 0.234 e. The van der Waals surface area contributed by atoms with Crippen molar-refractivity contribution in [1.29, 1.82) is 0 Å². The number of hydrazone groups is 1. The van der Waals surface area contributed by atoms with Crippen molar-refractivity contribution in [3.05, 3.63) is 58.0 Å². The zero-order valence-corrected chi connectivity index (χ0v) is 17.5. The van der Waals surface area contributed by atoms with Crippen molar-refractivity contribution in [2.24, 2.45) is 10.1 Å². The molecule has 2 aromatic carbocycles. The Balaban J connectivity index is 1.57. The lowest BCUT2D eigenvalue weighted by Crippen LogP contribution is -2.31. The number of amidine groups is 1. The van der Waals surface area contributed by atoms with Crippen LogP contribution in [0.4, 0.5) is 5.69 Å². The molecule has 0 aliphatic carbocycles. The molecule has 0 bridgehead atoms. The number of nitrogens with zero attached hydrogens (tertiary/aromatic N) is 3. The number of ether oxygens (including phenoxy) is 1. The van der Waals surface area contributed by atoms with Crippen LogP contribution in [0.25, 0.3) is 0 Å². The highest BCUT2D eigenvalue weighted by Crippen LogP contribution is 2.19. The number of likely N-dealkylation sites (N-methyl/N-ethyl adjacent to an activating group) is 1. The Morgan fingerprint density at radius 3 is 2.85 bits per heavy atom. The van der Waals surface area contributed by atoms with Crippen molar-refractivity contribution in [3.63, 3.8) is 0 Å². The lowest BCUT2D eigenvalue weighted by atomic mass is 10.3. The second-order valence-electron chi connectivity index (χ2n) is 5.61. The summed E-state index contributed by atoms with van der Waals surface area (Å²) in [5, 5.41) is 9.98. The van der Waals surface area contributed by atoms with Gasteiger partial charge in [-0.05, 0) is 42.5 Å². The molecule has 2 aromatic rings. The van der Waals surface area contributed by atoms with Gasteiger partial charge in [0.1, 0.15) is 12.3 Å². The average molecular weight is 468 g/mol. The summed E-state index contributed by atoms with van der Waals surface area (Å²) in [4.78, 5) is 16.5. The van der Waals surface area contributed by atoms with Gasteiger partial charge in [-0.25, -0.2) is 0 Å². The molecule has 0 unspecified atom stereocenters. The molecule has 0 radical (unpaired) electrons. The molecule has 0 saturated carbocycles. The summed E-state index contributed by atoms with van der Waals surface area (Å²) in [6.07, 6.45) is 0. The minimum absolute atomic E-state index is 0.135. The van der Waals surface area contributed by atoms with Gasteiger partial charge < -0.3 is 10.1 Å². The number of halogens is 2. The van der Waals surface area contributed by atoms with Crippen LogP contribution in [0.1, 0.15) is 0 Å². The highest BCUT2D eigenvalue weighted by atomic mass is 79.9. The molecule has 0 fully saturated rings. The Morgan fingerprint density at radius 1 is 1.33 bits per heavy atom. The highest BCUT2D eigenvalue weighted by molar-refractivity contribution is 9.10. The fourth-order valence-electron chi connectivity index (χ4n) is 2.19. The van der Waals surface area contributed by atoms with Gasteiger partial charge in [-0.3, -0.25) is 9.80 Å². The summed E-state index contributed by atoms with van der Waals surface area (Å²) < 4.78 is 6.68. The molecule has 1 heterocycles. The second kappa shape index (κ2) is 9.25. The molecule has 9 heteroatoms. The second-order valence-corrected chi connectivity index (χ2v) is 7.90. The first-order chi connectivity index (χ1) is 13.0. The van der Waals surface area contributed by atoms with Gasteiger partial charge >= 0.3 is 0 Å². The maximum absolute atomic E-state index is 12.1. The number of hydrogen-bond acceptors (Lipinski definition) is 6. The molecule has 0 atom stereocenters. The zero-order chi connectivity index (χ0) is 19.2. The number of nitrogens with one attached hydrogen (secondary N) is 1. The largest absolute Gasteiger partial charge is 0.441 e. The van der Waals surface area contributed by atoms with E-state index in [1.807, 2.05) is 31.3 Å². The summed E-state index contributed by atoms with van der Waals surface area (Å²) in [5.74, 6) is 1.20. The minimum atomic E-state index is -0.135. The fourth-order valence-corrected chi connectivity index (χ4v) is 3.41. The molecular weight excluding hydrogens is 452 g/mol. The highest BCUT2D eigenvalue weighted by Gasteiger charge is 2.16. The third-order valence-corrected chi connectivity index (χ3v) is 4.91. The minimum Gasteiger partial charge on any atom is -0.441 e. The van der Waals surface area contributed by atoms with Gasteiger partial charge in [0.05, 0.1) is 5.75 Å². The standard InChI is InChI=1S/C18H16BrClN4O2S/c1-24-10-17(26-15-7-5-13(20)6-8-15)22-18(23-24)27-11-16(25)21-14-4-2-3-12(19)9-14/h2-9H,10-11H2,1H3,(H,21,25). The van der Waals surface area contributed by atoms with Gasteiger partial charge in [-0.2, -0.15) is 4.99 Å². The van der Waals surface area contributed by atoms with Crippen molar-refractivity contribution in [2.75, 3.05) is 24.7 Å². The molecule has 0 aromatic heterocycles. The summed E-state index contributed by atoms with van der Waals surface area (Å²) in [7, 11) is 1.82. The van der Waals surface area contributed by atoms with Crippen molar-refractivity contribution in [2.45, 2.75) is 0 Å². The predicted molar refractivity (Wildman–Crippen MR) is 115 cm³/mol. The van der Waals surface area contributed by atoms with Crippen LogP contribution in [0, 0.1) is 0 Å². The van der Waals surface area contributed by atoms with Crippen LogP contribution in [-0.4, -0.2) is 41.3 Å². The van der Waals surface area contributed by atoms with E-state index in [4.69, 9.17) is 16.3 Å². The Hall–Kier alpha value is -2.03. The van der Waals surface area contributed by atoms with Gasteiger partial charge in [-0.15, -0.1) is 5.10 Å². The maximum Gasteiger partial charge on any atom is 0.234 e. The number of thioether (sulfide) groups is 1. The summed E-state index contributed by atoms with van der Waals surface area (Å²) in [6.45, 7) is 0.441. The SMILES string of the molecule is CN1CC(Oc2ccc(Cl)cc2)=NC(SCC(=O)Nc2cccc(Br)c2)=N1. The van der Waals surface area contributed by atoms with E-state index in [1.54, 1.807) is 29.3 Å². The third-order valence-electron chi connectivity index (χ3n) is 3.33. The van der Waals surface area contributed by atoms with E-state index in [-0.39, 0.29) is 11.7 Å². The van der Waals surface area contributed by atoms with Crippen LogP contribution < -0.4 is 10.1 Å². The Bertz CT molecular complexity index is 889. The molecule has 1 aliphatic rings. The van der Waals surface area contributed by atoms with Crippen LogP contribution in [0.5, 0.6) is 5.75 Å². The Morgan fingerprint density at radius 2 is 2.11 bits per heavy atom. The normalized spacial score (nSPS) is 13.7. The molecular formula is C18H16BrClN4O2S. The molecule has 27 heavy (non-hydrogen) atoms. The number of benzene rings is 2. The summed E-state index contributed by atoms with van der Waals surface area (Å²) in [5.41, 5.74) is 0.730. The third kappa shape index (κ3) is 6.27. The van der Waals surface area contributed by atoms with Crippen LogP contribution in [0.3, 0.4) is 0 Å². The monoisotopic (exact) mass is 466 g/mol. The molecule has 0 saturated heterocycles. The van der Waals surface area contributed by atoms with Crippen molar-refractivity contribution >= 4 is 62.0 Å². The van der Waals surface area contributed by atoms with Crippen LogP contribution in [-0.2, 0) is 4.79 Å². The number of carbonyl (C=O) groups excluding carboxylic acids is 1. The fraction of sp³-hybridized carbons (Fsp3) is 0.167. The van der Waals surface area contributed by atoms with E-state index >= 15 is 0 Å². The van der Waals surface area contributed by atoms with Gasteiger partial charge in [0.15, 0.2) is 0 Å².